The minimum atomic E-state index is -4.54. The van der Waals surface area contributed by atoms with Crippen molar-refractivity contribution in [2.45, 2.75) is 13.1 Å². The number of aromatic nitrogens is 1. The number of benzene rings is 1. The van der Waals surface area contributed by atoms with Gasteiger partial charge in [-0.2, -0.15) is 13.2 Å². The molecule has 18 heavy (non-hydrogen) atoms. The van der Waals surface area contributed by atoms with Crippen LogP contribution >= 0.6 is 0 Å². The van der Waals surface area contributed by atoms with Crippen LogP contribution in [0.15, 0.2) is 24.4 Å². The van der Waals surface area contributed by atoms with Gasteiger partial charge in [-0.3, -0.25) is 4.98 Å². The molecular formula is C12H8F3NO2. The van der Waals surface area contributed by atoms with Crippen LogP contribution in [-0.4, -0.2) is 16.1 Å². The second kappa shape index (κ2) is 3.97. The Morgan fingerprint density at radius 3 is 2.50 bits per heavy atom. The fourth-order valence-electron chi connectivity index (χ4n) is 1.84. The lowest BCUT2D eigenvalue weighted by atomic mass is 10.00. The van der Waals surface area contributed by atoms with Gasteiger partial charge in [0.1, 0.15) is 0 Å². The number of fused-ring (bicyclic) bond motifs is 1. The summed E-state index contributed by atoms with van der Waals surface area (Å²) in [7, 11) is 0. The molecule has 0 saturated carbocycles. The minimum Gasteiger partial charge on any atom is -0.478 e. The SMILES string of the molecule is Cc1ccnc2c(C(=O)O)ccc(C(F)(F)F)c12. The van der Waals surface area contributed by atoms with Crippen LogP contribution in [0.1, 0.15) is 21.5 Å². The van der Waals surface area contributed by atoms with Gasteiger partial charge in [0.05, 0.1) is 16.6 Å². The summed E-state index contributed by atoms with van der Waals surface area (Å²) < 4.78 is 38.6. The number of nitrogens with zero attached hydrogens (tertiary/aromatic N) is 1. The monoisotopic (exact) mass is 255 g/mol. The highest BCUT2D eigenvalue weighted by Gasteiger charge is 2.34. The Morgan fingerprint density at radius 2 is 1.94 bits per heavy atom. The Bertz CT molecular complexity index is 635. The summed E-state index contributed by atoms with van der Waals surface area (Å²) in [6.07, 6.45) is -3.24. The average molecular weight is 255 g/mol. The molecule has 1 aromatic heterocycles. The molecule has 0 unspecified atom stereocenters. The van der Waals surface area contributed by atoms with Gasteiger partial charge in [-0.25, -0.2) is 4.79 Å². The molecule has 0 amide bonds. The Kier molecular flexibility index (Phi) is 2.73. The molecule has 0 fully saturated rings. The van der Waals surface area contributed by atoms with E-state index in [1.54, 1.807) is 0 Å². The van der Waals surface area contributed by atoms with E-state index in [2.05, 4.69) is 4.98 Å². The van der Waals surface area contributed by atoms with Gasteiger partial charge in [0.25, 0.3) is 0 Å². The van der Waals surface area contributed by atoms with Crippen molar-refractivity contribution in [2.24, 2.45) is 0 Å². The van der Waals surface area contributed by atoms with Crippen LogP contribution in [0.25, 0.3) is 10.9 Å². The first-order valence-electron chi connectivity index (χ1n) is 5.01. The summed E-state index contributed by atoms with van der Waals surface area (Å²) in [6.45, 7) is 1.49. The average Bonchev–Trinajstić information content (AvgIpc) is 2.26. The molecular weight excluding hydrogens is 247 g/mol. The zero-order valence-corrected chi connectivity index (χ0v) is 9.25. The van der Waals surface area contributed by atoms with Crippen molar-refractivity contribution < 1.29 is 23.1 Å². The number of halogens is 3. The molecule has 0 spiro atoms. The molecule has 0 aliphatic rings. The molecule has 1 N–H and O–H groups in total. The smallest absolute Gasteiger partial charge is 0.417 e. The van der Waals surface area contributed by atoms with E-state index in [4.69, 9.17) is 5.11 Å². The van der Waals surface area contributed by atoms with E-state index in [-0.39, 0.29) is 16.5 Å². The number of rotatable bonds is 1. The molecule has 0 atom stereocenters. The molecule has 6 heteroatoms. The highest BCUT2D eigenvalue weighted by molar-refractivity contribution is 6.03. The predicted molar refractivity (Wildman–Crippen MR) is 58.4 cm³/mol. The van der Waals surface area contributed by atoms with Crippen molar-refractivity contribution in [1.29, 1.82) is 0 Å². The van der Waals surface area contributed by atoms with Crippen molar-refractivity contribution in [2.75, 3.05) is 0 Å². The van der Waals surface area contributed by atoms with E-state index in [9.17, 15) is 18.0 Å². The molecule has 1 aromatic carbocycles. The van der Waals surface area contributed by atoms with E-state index in [0.717, 1.165) is 12.1 Å². The molecule has 3 nitrogen and oxygen atoms in total. The maximum absolute atomic E-state index is 12.9. The molecule has 0 aliphatic carbocycles. The second-order valence-corrected chi connectivity index (χ2v) is 3.82. The van der Waals surface area contributed by atoms with Crippen LogP contribution in [-0.2, 0) is 6.18 Å². The Labute approximate surface area is 99.9 Å². The van der Waals surface area contributed by atoms with Crippen molar-refractivity contribution >= 4 is 16.9 Å². The van der Waals surface area contributed by atoms with E-state index in [1.165, 1.54) is 19.2 Å². The lowest BCUT2D eigenvalue weighted by Gasteiger charge is -2.13. The number of pyridine rings is 1. The molecule has 0 bridgehead atoms. The number of carbonyl (C=O) groups is 1. The first-order valence-corrected chi connectivity index (χ1v) is 5.01. The zero-order chi connectivity index (χ0) is 13.5. The van der Waals surface area contributed by atoms with Crippen LogP contribution in [0.5, 0.6) is 0 Å². The topological polar surface area (TPSA) is 50.2 Å². The zero-order valence-electron chi connectivity index (χ0n) is 9.25. The minimum absolute atomic E-state index is 0.141. The quantitative estimate of drug-likeness (QED) is 0.850. The van der Waals surface area contributed by atoms with Gasteiger partial charge in [-0.05, 0) is 30.7 Å². The molecule has 2 aromatic rings. The van der Waals surface area contributed by atoms with Crippen LogP contribution in [0.3, 0.4) is 0 Å². The Hall–Kier alpha value is -2.11. The van der Waals surface area contributed by atoms with E-state index in [0.29, 0.717) is 5.56 Å². The van der Waals surface area contributed by atoms with Gasteiger partial charge in [0.2, 0.25) is 0 Å². The number of carboxylic acids is 1. The standard InChI is InChI=1S/C12H8F3NO2/c1-6-4-5-16-10-7(11(17)18)2-3-8(9(6)10)12(13,14)15/h2-5H,1H3,(H,17,18). The fraction of sp³-hybridized carbons (Fsp3) is 0.167. The molecule has 0 radical (unpaired) electrons. The fourth-order valence-corrected chi connectivity index (χ4v) is 1.84. The summed E-state index contributed by atoms with van der Waals surface area (Å²) in [6, 6.07) is 3.13. The van der Waals surface area contributed by atoms with Gasteiger partial charge in [0.15, 0.2) is 0 Å². The maximum Gasteiger partial charge on any atom is 0.417 e. The van der Waals surface area contributed by atoms with Crippen molar-refractivity contribution in [3.05, 3.63) is 41.1 Å². The third-order valence-corrected chi connectivity index (χ3v) is 2.64. The molecule has 0 aliphatic heterocycles. The second-order valence-electron chi connectivity index (χ2n) is 3.82. The first-order chi connectivity index (χ1) is 8.32. The van der Waals surface area contributed by atoms with Gasteiger partial charge in [0, 0.05) is 11.6 Å². The van der Waals surface area contributed by atoms with Crippen molar-refractivity contribution in [3.63, 3.8) is 0 Å². The maximum atomic E-state index is 12.9. The van der Waals surface area contributed by atoms with Gasteiger partial charge in [-0.1, -0.05) is 0 Å². The summed E-state index contributed by atoms with van der Waals surface area (Å²) >= 11 is 0. The normalized spacial score (nSPS) is 11.8. The summed E-state index contributed by atoms with van der Waals surface area (Å²) in [5, 5.41) is 8.78. The van der Waals surface area contributed by atoms with Crippen LogP contribution < -0.4 is 0 Å². The Morgan fingerprint density at radius 1 is 1.28 bits per heavy atom. The number of aryl methyl sites for hydroxylation is 1. The summed E-state index contributed by atoms with van der Waals surface area (Å²) in [5.41, 5.74) is -0.900. The highest BCUT2D eigenvalue weighted by atomic mass is 19.4. The third-order valence-electron chi connectivity index (χ3n) is 2.64. The number of hydrogen-bond acceptors (Lipinski definition) is 2. The van der Waals surface area contributed by atoms with Crippen molar-refractivity contribution in [1.82, 2.24) is 4.98 Å². The van der Waals surface area contributed by atoms with Crippen LogP contribution in [0, 0.1) is 6.92 Å². The molecule has 2 rings (SSSR count). The number of aromatic carboxylic acids is 1. The van der Waals surface area contributed by atoms with E-state index >= 15 is 0 Å². The van der Waals surface area contributed by atoms with Gasteiger partial charge in [-0.15, -0.1) is 0 Å². The van der Waals surface area contributed by atoms with Gasteiger partial charge < -0.3 is 5.11 Å². The lowest BCUT2D eigenvalue weighted by Crippen LogP contribution is -2.09. The third kappa shape index (κ3) is 1.90. The van der Waals surface area contributed by atoms with Gasteiger partial charge >= 0.3 is 12.1 Å². The van der Waals surface area contributed by atoms with Crippen molar-refractivity contribution in [3.8, 4) is 0 Å². The number of hydrogen-bond donors (Lipinski definition) is 1. The Balaban J connectivity index is 2.94. The van der Waals surface area contributed by atoms with Crippen LogP contribution in [0.4, 0.5) is 13.2 Å². The first kappa shape index (κ1) is 12.3. The molecule has 1 heterocycles. The van der Waals surface area contributed by atoms with E-state index < -0.39 is 17.7 Å². The lowest BCUT2D eigenvalue weighted by molar-refractivity contribution is -0.136. The molecule has 0 saturated heterocycles. The largest absolute Gasteiger partial charge is 0.478 e. The molecule has 94 valence electrons. The number of alkyl halides is 3. The number of carboxylic acid groups (broad SMARTS) is 1. The van der Waals surface area contributed by atoms with Crippen LogP contribution in [0.2, 0.25) is 0 Å². The van der Waals surface area contributed by atoms with E-state index in [1.807, 2.05) is 0 Å². The summed E-state index contributed by atoms with van der Waals surface area (Å²) in [5.74, 6) is -1.30. The summed E-state index contributed by atoms with van der Waals surface area (Å²) in [4.78, 5) is 14.7. The highest BCUT2D eigenvalue weighted by Crippen LogP contribution is 2.36. The predicted octanol–water partition coefficient (Wildman–Crippen LogP) is 3.26.